The molecule has 2 heterocycles. The number of benzene rings is 1. The van der Waals surface area contributed by atoms with Crippen molar-refractivity contribution in [3.05, 3.63) is 59.4 Å². The number of nitrogens with zero attached hydrogens (tertiary/aromatic N) is 2. The monoisotopic (exact) mass is 381 g/mol. The molecule has 6 heteroatoms. The van der Waals surface area contributed by atoms with E-state index in [-0.39, 0.29) is 11.8 Å². The summed E-state index contributed by atoms with van der Waals surface area (Å²) in [6.07, 6.45) is 5.86. The Morgan fingerprint density at radius 3 is 2.82 bits per heavy atom. The van der Waals surface area contributed by atoms with Crippen molar-refractivity contribution in [1.29, 1.82) is 0 Å². The van der Waals surface area contributed by atoms with Gasteiger partial charge in [-0.25, -0.2) is 0 Å². The minimum atomic E-state index is -0.232. The average molecular weight is 381 g/mol. The maximum absolute atomic E-state index is 12.7. The van der Waals surface area contributed by atoms with Crippen molar-refractivity contribution in [2.24, 2.45) is 5.92 Å². The number of carbonyl (C=O) groups is 2. The van der Waals surface area contributed by atoms with Gasteiger partial charge in [0.1, 0.15) is 5.75 Å². The Balaban J connectivity index is 1.60. The number of carbonyl (C=O) groups excluding carboxylic acids is 2. The van der Waals surface area contributed by atoms with Gasteiger partial charge in [0.05, 0.1) is 18.2 Å². The summed E-state index contributed by atoms with van der Waals surface area (Å²) in [6.45, 7) is 4.15. The minimum Gasteiger partial charge on any atom is -0.496 e. The van der Waals surface area contributed by atoms with Gasteiger partial charge in [0.25, 0.3) is 11.8 Å². The summed E-state index contributed by atoms with van der Waals surface area (Å²) in [7, 11) is 1.63. The fourth-order valence-corrected chi connectivity index (χ4v) is 3.56. The number of hydrogen-bond donors (Lipinski definition) is 1. The summed E-state index contributed by atoms with van der Waals surface area (Å²) in [6, 6.07) is 9.37. The van der Waals surface area contributed by atoms with Crippen LogP contribution in [0.5, 0.6) is 5.75 Å². The molecule has 3 rings (SSSR count). The van der Waals surface area contributed by atoms with Crippen LogP contribution in [-0.2, 0) is 6.42 Å². The molecule has 1 atom stereocenters. The molecule has 1 aromatic heterocycles. The van der Waals surface area contributed by atoms with Crippen LogP contribution in [-0.4, -0.2) is 48.4 Å². The zero-order valence-corrected chi connectivity index (χ0v) is 16.5. The molecule has 6 nitrogen and oxygen atoms in total. The highest BCUT2D eigenvalue weighted by atomic mass is 16.5. The van der Waals surface area contributed by atoms with Crippen molar-refractivity contribution < 1.29 is 14.3 Å². The van der Waals surface area contributed by atoms with Crippen molar-refractivity contribution in [2.75, 3.05) is 26.7 Å². The Labute approximate surface area is 165 Å². The van der Waals surface area contributed by atoms with E-state index in [1.165, 1.54) is 12.4 Å². The minimum absolute atomic E-state index is 0.0530. The molecule has 28 heavy (non-hydrogen) atoms. The maximum Gasteiger partial charge on any atom is 0.255 e. The molecule has 2 amide bonds. The Morgan fingerprint density at radius 1 is 1.25 bits per heavy atom. The van der Waals surface area contributed by atoms with Crippen molar-refractivity contribution >= 4 is 11.8 Å². The predicted octanol–water partition coefficient (Wildman–Crippen LogP) is 2.93. The van der Waals surface area contributed by atoms with E-state index in [2.05, 4.69) is 17.2 Å². The van der Waals surface area contributed by atoms with Gasteiger partial charge >= 0.3 is 0 Å². The first-order valence-electron chi connectivity index (χ1n) is 9.73. The predicted molar refractivity (Wildman–Crippen MR) is 108 cm³/mol. The molecule has 1 unspecified atom stereocenters. The van der Waals surface area contributed by atoms with Crippen LogP contribution < -0.4 is 10.1 Å². The molecule has 1 aliphatic heterocycles. The van der Waals surface area contributed by atoms with Crippen molar-refractivity contribution in [2.45, 2.75) is 26.2 Å². The standard InChI is InChI=1S/C22H27N3O3/c1-16-6-5-11-25(15-16)22(27)19-12-18(13-23-14-19)21(26)24-10-9-17-7-3-4-8-20(17)28-2/h3-4,7-8,12-14,16H,5-6,9-11,15H2,1-2H3,(H,24,26). The third kappa shape index (κ3) is 4.88. The molecule has 1 aromatic carbocycles. The van der Waals surface area contributed by atoms with Crippen LogP contribution in [0.15, 0.2) is 42.7 Å². The number of piperidine rings is 1. The van der Waals surface area contributed by atoms with Crippen LogP contribution in [0, 0.1) is 5.92 Å². The number of para-hydroxylation sites is 1. The molecule has 1 fully saturated rings. The molecule has 0 bridgehead atoms. The maximum atomic E-state index is 12.7. The fraction of sp³-hybridized carbons (Fsp3) is 0.409. The fourth-order valence-electron chi connectivity index (χ4n) is 3.56. The topological polar surface area (TPSA) is 71.5 Å². The largest absolute Gasteiger partial charge is 0.496 e. The number of ether oxygens (including phenoxy) is 1. The van der Waals surface area contributed by atoms with E-state index >= 15 is 0 Å². The number of likely N-dealkylation sites (tertiary alicyclic amines) is 1. The number of rotatable bonds is 6. The zero-order chi connectivity index (χ0) is 19.9. The van der Waals surface area contributed by atoms with Crippen LogP contribution in [0.2, 0.25) is 0 Å². The van der Waals surface area contributed by atoms with Crippen molar-refractivity contribution in [3.8, 4) is 5.75 Å². The molecule has 0 aliphatic carbocycles. The highest BCUT2D eigenvalue weighted by molar-refractivity contribution is 5.99. The molecular formula is C22H27N3O3. The third-order valence-electron chi connectivity index (χ3n) is 5.06. The molecule has 2 aromatic rings. The van der Waals surface area contributed by atoms with Crippen LogP contribution >= 0.6 is 0 Å². The smallest absolute Gasteiger partial charge is 0.255 e. The lowest BCUT2D eigenvalue weighted by Crippen LogP contribution is -2.39. The van der Waals surface area contributed by atoms with Crippen LogP contribution in [0.3, 0.4) is 0 Å². The molecule has 0 spiro atoms. The van der Waals surface area contributed by atoms with Gasteiger partial charge in [0.15, 0.2) is 0 Å². The SMILES string of the molecule is COc1ccccc1CCNC(=O)c1cncc(C(=O)N2CCCC(C)C2)c1. The Morgan fingerprint density at radius 2 is 2.04 bits per heavy atom. The second-order valence-corrected chi connectivity index (χ2v) is 7.28. The lowest BCUT2D eigenvalue weighted by Gasteiger charge is -2.30. The first-order chi connectivity index (χ1) is 13.6. The van der Waals surface area contributed by atoms with E-state index in [0.29, 0.717) is 30.0 Å². The summed E-state index contributed by atoms with van der Waals surface area (Å²) in [5.74, 6) is 1.03. The molecule has 1 N–H and O–H groups in total. The number of methoxy groups -OCH3 is 1. The quantitative estimate of drug-likeness (QED) is 0.835. The van der Waals surface area contributed by atoms with Gasteiger partial charge in [-0.2, -0.15) is 0 Å². The number of aromatic nitrogens is 1. The van der Waals surface area contributed by atoms with Gasteiger partial charge in [-0.1, -0.05) is 25.1 Å². The Hall–Kier alpha value is -2.89. The first-order valence-corrected chi connectivity index (χ1v) is 9.73. The molecular weight excluding hydrogens is 354 g/mol. The Kier molecular flexibility index (Phi) is 6.63. The third-order valence-corrected chi connectivity index (χ3v) is 5.06. The van der Waals surface area contributed by atoms with Crippen LogP contribution in [0.25, 0.3) is 0 Å². The highest BCUT2D eigenvalue weighted by Gasteiger charge is 2.23. The van der Waals surface area contributed by atoms with Gasteiger partial charge in [-0.3, -0.25) is 14.6 Å². The summed E-state index contributed by atoms with van der Waals surface area (Å²) in [5.41, 5.74) is 1.90. The summed E-state index contributed by atoms with van der Waals surface area (Å²) >= 11 is 0. The van der Waals surface area contributed by atoms with E-state index in [1.54, 1.807) is 13.2 Å². The van der Waals surface area contributed by atoms with E-state index in [4.69, 9.17) is 4.74 Å². The van der Waals surface area contributed by atoms with Gasteiger partial charge < -0.3 is 15.0 Å². The normalized spacial score (nSPS) is 16.5. The second kappa shape index (κ2) is 9.35. The molecule has 0 radical (unpaired) electrons. The van der Waals surface area contributed by atoms with E-state index in [9.17, 15) is 9.59 Å². The van der Waals surface area contributed by atoms with E-state index < -0.39 is 0 Å². The van der Waals surface area contributed by atoms with Crippen LogP contribution in [0.1, 0.15) is 46.0 Å². The summed E-state index contributed by atoms with van der Waals surface area (Å²) in [4.78, 5) is 31.2. The average Bonchev–Trinajstić information content (AvgIpc) is 2.73. The highest BCUT2D eigenvalue weighted by Crippen LogP contribution is 2.19. The zero-order valence-electron chi connectivity index (χ0n) is 16.5. The first kappa shape index (κ1) is 19.9. The number of pyridine rings is 1. The molecule has 0 saturated carbocycles. The van der Waals surface area contributed by atoms with Crippen molar-refractivity contribution in [1.82, 2.24) is 15.2 Å². The number of amides is 2. The van der Waals surface area contributed by atoms with Gasteiger partial charge in [-0.15, -0.1) is 0 Å². The van der Waals surface area contributed by atoms with Gasteiger partial charge in [0, 0.05) is 32.0 Å². The van der Waals surface area contributed by atoms with Gasteiger partial charge in [-0.05, 0) is 42.9 Å². The molecule has 1 aliphatic rings. The summed E-state index contributed by atoms with van der Waals surface area (Å²) < 4.78 is 5.33. The number of nitrogens with one attached hydrogen (secondary N) is 1. The molecule has 148 valence electrons. The Bertz CT molecular complexity index is 837. The van der Waals surface area contributed by atoms with Crippen LogP contribution in [0.4, 0.5) is 0 Å². The van der Waals surface area contributed by atoms with E-state index in [1.807, 2.05) is 29.2 Å². The second-order valence-electron chi connectivity index (χ2n) is 7.28. The lowest BCUT2D eigenvalue weighted by molar-refractivity contribution is 0.0682. The van der Waals surface area contributed by atoms with E-state index in [0.717, 1.165) is 37.2 Å². The lowest BCUT2D eigenvalue weighted by atomic mass is 9.99. The summed E-state index contributed by atoms with van der Waals surface area (Å²) in [5, 5.41) is 2.89. The number of hydrogen-bond acceptors (Lipinski definition) is 4. The van der Waals surface area contributed by atoms with Gasteiger partial charge in [0.2, 0.25) is 0 Å². The molecule has 1 saturated heterocycles. The van der Waals surface area contributed by atoms with Crippen molar-refractivity contribution in [3.63, 3.8) is 0 Å².